The molecule has 3 rings (SSSR count). The highest BCUT2D eigenvalue weighted by atomic mass is 35.5. The Labute approximate surface area is 257 Å². The van der Waals surface area contributed by atoms with Gasteiger partial charge >= 0.3 is 0 Å². The standard InChI is InChI=1S/C28H27Cl5N4O3/c1-14-11-18(35-9-8-23(34)38)5-7-22(14)37-26(39)20-13-19(4-6-21(20)31)36-27(40)25-24(28(25,32)33)15(2)10-17(30)12-16(3)29/h4-7,10-13,24-25,35H,2,8-9H2,1,3H3,(H2,34,38)(H,36,40)(H,37,39)/b16-12+,17-10+. The second kappa shape index (κ2) is 13.3. The predicted octanol–water partition coefficient (Wildman–Crippen LogP) is 7.37. The number of benzene rings is 2. The molecule has 2 aromatic rings. The van der Waals surface area contributed by atoms with Gasteiger partial charge in [0.15, 0.2) is 0 Å². The van der Waals surface area contributed by atoms with Crippen LogP contribution in [0.15, 0.2) is 70.8 Å². The first-order chi connectivity index (χ1) is 18.7. The summed E-state index contributed by atoms with van der Waals surface area (Å²) < 4.78 is -1.38. The lowest BCUT2D eigenvalue weighted by molar-refractivity contribution is -0.118. The van der Waals surface area contributed by atoms with Crippen LogP contribution < -0.4 is 21.7 Å². The van der Waals surface area contributed by atoms with E-state index in [2.05, 4.69) is 22.5 Å². The summed E-state index contributed by atoms with van der Waals surface area (Å²) in [6, 6.07) is 9.86. The van der Waals surface area contributed by atoms with Gasteiger partial charge in [0.25, 0.3) is 5.91 Å². The van der Waals surface area contributed by atoms with Crippen LogP contribution in [-0.4, -0.2) is 28.6 Å². The van der Waals surface area contributed by atoms with Gasteiger partial charge in [-0.05, 0) is 73.5 Å². The van der Waals surface area contributed by atoms with E-state index in [1.807, 2.05) is 13.0 Å². The Morgan fingerprint density at radius 3 is 2.33 bits per heavy atom. The molecule has 1 fully saturated rings. The molecule has 0 heterocycles. The molecule has 0 spiro atoms. The van der Waals surface area contributed by atoms with E-state index in [-0.39, 0.29) is 17.0 Å². The third-order valence-electron chi connectivity index (χ3n) is 6.05. The van der Waals surface area contributed by atoms with Crippen LogP contribution in [0.3, 0.4) is 0 Å². The zero-order valence-electron chi connectivity index (χ0n) is 21.6. The number of hydrogen-bond donors (Lipinski definition) is 4. The van der Waals surface area contributed by atoms with Crippen molar-refractivity contribution in [1.29, 1.82) is 0 Å². The highest BCUT2D eigenvalue weighted by Gasteiger charge is 2.67. The molecule has 5 N–H and O–H groups in total. The average Bonchev–Trinajstić information content (AvgIpc) is 3.43. The van der Waals surface area contributed by atoms with Crippen molar-refractivity contribution in [3.05, 3.63) is 86.9 Å². The number of carbonyl (C=O) groups excluding carboxylic acids is 3. The molecule has 1 saturated carbocycles. The minimum atomic E-state index is -1.38. The number of primary amides is 1. The van der Waals surface area contributed by atoms with E-state index < -0.39 is 33.9 Å². The van der Waals surface area contributed by atoms with Gasteiger partial charge in [0.05, 0.1) is 16.5 Å². The molecule has 12 heteroatoms. The van der Waals surface area contributed by atoms with E-state index in [1.54, 1.807) is 31.2 Å². The van der Waals surface area contributed by atoms with E-state index in [0.29, 0.717) is 33.6 Å². The fraction of sp³-hybridized carbons (Fsp3) is 0.250. The summed E-state index contributed by atoms with van der Waals surface area (Å²) in [6.45, 7) is 7.84. The van der Waals surface area contributed by atoms with E-state index in [0.717, 1.165) is 11.3 Å². The van der Waals surface area contributed by atoms with Gasteiger partial charge in [0.1, 0.15) is 4.33 Å². The fourth-order valence-corrected chi connectivity index (χ4v) is 5.58. The Balaban J connectivity index is 1.69. The third-order valence-corrected chi connectivity index (χ3v) is 7.65. The Hall–Kier alpha value is -2.68. The topological polar surface area (TPSA) is 113 Å². The molecule has 40 heavy (non-hydrogen) atoms. The molecule has 7 nitrogen and oxygen atoms in total. The average molecular weight is 645 g/mol. The number of rotatable bonds is 11. The largest absolute Gasteiger partial charge is 0.385 e. The van der Waals surface area contributed by atoms with E-state index >= 15 is 0 Å². The van der Waals surface area contributed by atoms with Crippen molar-refractivity contribution in [3.63, 3.8) is 0 Å². The quantitative estimate of drug-likeness (QED) is 0.151. The molecule has 0 radical (unpaired) electrons. The van der Waals surface area contributed by atoms with Gasteiger partial charge in [-0.25, -0.2) is 0 Å². The molecule has 0 aliphatic heterocycles. The second-order valence-corrected chi connectivity index (χ2v) is 12.2. The molecule has 3 amide bonds. The molecule has 0 bridgehead atoms. The smallest absolute Gasteiger partial charge is 0.257 e. The van der Waals surface area contributed by atoms with Crippen molar-refractivity contribution in [3.8, 4) is 0 Å². The Morgan fingerprint density at radius 1 is 1.02 bits per heavy atom. The van der Waals surface area contributed by atoms with E-state index in [1.165, 1.54) is 18.2 Å². The lowest BCUT2D eigenvalue weighted by Crippen LogP contribution is -2.18. The van der Waals surface area contributed by atoms with Gasteiger partial charge in [0.2, 0.25) is 11.8 Å². The Morgan fingerprint density at radius 2 is 1.70 bits per heavy atom. The van der Waals surface area contributed by atoms with Crippen molar-refractivity contribution >= 4 is 92.8 Å². The summed E-state index contributed by atoms with van der Waals surface area (Å²) in [6.07, 6.45) is 3.30. The van der Waals surface area contributed by atoms with Crippen LogP contribution in [0.5, 0.6) is 0 Å². The van der Waals surface area contributed by atoms with Gasteiger partial charge in [-0.1, -0.05) is 41.4 Å². The Kier molecular flexibility index (Phi) is 10.6. The van der Waals surface area contributed by atoms with Gasteiger partial charge in [-0.3, -0.25) is 14.4 Å². The zero-order valence-corrected chi connectivity index (χ0v) is 25.4. The number of halogens is 5. The van der Waals surface area contributed by atoms with Crippen LogP contribution in [-0.2, 0) is 9.59 Å². The van der Waals surface area contributed by atoms with Crippen molar-refractivity contribution in [2.75, 3.05) is 22.5 Å². The number of aryl methyl sites for hydroxylation is 1. The molecular formula is C28H27Cl5N4O3. The van der Waals surface area contributed by atoms with E-state index in [9.17, 15) is 14.4 Å². The highest BCUT2D eigenvalue weighted by Crippen LogP contribution is 2.62. The Bertz CT molecular complexity index is 1420. The zero-order chi connectivity index (χ0) is 29.8. The number of anilines is 3. The summed E-state index contributed by atoms with van der Waals surface area (Å²) in [7, 11) is 0. The van der Waals surface area contributed by atoms with Crippen molar-refractivity contribution in [2.45, 2.75) is 24.6 Å². The molecule has 2 aromatic carbocycles. The van der Waals surface area contributed by atoms with Crippen LogP contribution in [0.2, 0.25) is 5.02 Å². The lowest BCUT2D eigenvalue weighted by Gasteiger charge is -2.13. The number of nitrogens with one attached hydrogen (secondary N) is 3. The number of hydrogen-bond acceptors (Lipinski definition) is 4. The number of carbonyl (C=O) groups is 3. The molecule has 0 saturated heterocycles. The van der Waals surface area contributed by atoms with E-state index in [4.69, 9.17) is 63.7 Å². The molecular weight excluding hydrogens is 618 g/mol. The third kappa shape index (κ3) is 8.18. The van der Waals surface area contributed by atoms with Crippen LogP contribution in [0.4, 0.5) is 17.1 Å². The SMILES string of the molecule is C=C(/C=C(Cl)\C=C(/C)Cl)C1C(C(=O)Nc2ccc(Cl)c(C(=O)Nc3ccc(NCCC(N)=O)cc3C)c2)C1(Cl)Cl. The van der Waals surface area contributed by atoms with Crippen LogP contribution in [0.1, 0.15) is 29.3 Å². The number of amides is 3. The minimum Gasteiger partial charge on any atom is -0.385 e. The summed E-state index contributed by atoms with van der Waals surface area (Å²) >= 11 is 31.1. The molecule has 1 aliphatic carbocycles. The first kappa shape index (κ1) is 31.8. The van der Waals surface area contributed by atoms with Crippen LogP contribution in [0, 0.1) is 18.8 Å². The molecule has 0 aromatic heterocycles. The van der Waals surface area contributed by atoms with Crippen molar-refractivity contribution in [1.82, 2.24) is 0 Å². The predicted molar refractivity (Wildman–Crippen MR) is 166 cm³/mol. The molecule has 2 atom stereocenters. The van der Waals surface area contributed by atoms with Gasteiger partial charge < -0.3 is 21.7 Å². The highest BCUT2D eigenvalue weighted by molar-refractivity contribution is 6.53. The maximum atomic E-state index is 13.1. The number of nitrogens with two attached hydrogens (primary N) is 1. The summed E-state index contributed by atoms with van der Waals surface area (Å²) in [5.74, 6) is -2.68. The van der Waals surface area contributed by atoms with Gasteiger partial charge in [-0.2, -0.15) is 0 Å². The number of allylic oxidation sites excluding steroid dienone is 5. The monoisotopic (exact) mass is 642 g/mol. The summed E-state index contributed by atoms with van der Waals surface area (Å²) in [5.41, 5.74) is 8.25. The maximum Gasteiger partial charge on any atom is 0.257 e. The second-order valence-electron chi connectivity index (χ2n) is 9.28. The summed E-state index contributed by atoms with van der Waals surface area (Å²) in [5, 5.41) is 9.67. The van der Waals surface area contributed by atoms with Crippen molar-refractivity contribution < 1.29 is 14.4 Å². The maximum absolute atomic E-state index is 13.1. The summed E-state index contributed by atoms with van der Waals surface area (Å²) in [4.78, 5) is 37.0. The number of alkyl halides is 2. The first-order valence-electron chi connectivity index (χ1n) is 12.0. The minimum absolute atomic E-state index is 0.153. The first-order valence-corrected chi connectivity index (χ1v) is 13.9. The van der Waals surface area contributed by atoms with Crippen molar-refractivity contribution in [2.24, 2.45) is 17.6 Å². The fourth-order valence-electron chi connectivity index (χ4n) is 4.04. The lowest BCUT2D eigenvalue weighted by atomic mass is 10.1. The van der Waals surface area contributed by atoms with Gasteiger partial charge in [-0.15, -0.1) is 23.2 Å². The molecule has 212 valence electrons. The molecule has 1 aliphatic rings. The normalized spacial score (nSPS) is 18.1. The molecule has 2 unspecified atom stereocenters. The van der Waals surface area contributed by atoms with Crippen LogP contribution in [0.25, 0.3) is 0 Å². The van der Waals surface area contributed by atoms with Crippen LogP contribution >= 0.6 is 58.0 Å². The van der Waals surface area contributed by atoms with Gasteiger partial charge in [0, 0.05) is 46.0 Å².